The summed E-state index contributed by atoms with van der Waals surface area (Å²) in [5.74, 6) is -0.619. The molecular weight excluding hydrogens is 334 g/mol. The fraction of sp³-hybridized carbons (Fsp3) is 0.333. The molecule has 1 aromatic heterocycles. The summed E-state index contributed by atoms with van der Waals surface area (Å²) in [5.41, 5.74) is 8.39. The molecule has 0 radical (unpaired) electrons. The molecular formula is C18H19N5O3. The van der Waals surface area contributed by atoms with E-state index in [1.807, 2.05) is 25.1 Å². The zero-order valence-corrected chi connectivity index (χ0v) is 14.4. The van der Waals surface area contributed by atoms with Gasteiger partial charge >= 0.3 is 0 Å². The number of nitrogens with two attached hydrogens (primary N) is 1. The minimum atomic E-state index is -0.530. The van der Waals surface area contributed by atoms with Gasteiger partial charge in [0.05, 0.1) is 18.7 Å². The van der Waals surface area contributed by atoms with Gasteiger partial charge in [-0.1, -0.05) is 17.7 Å². The van der Waals surface area contributed by atoms with E-state index in [1.54, 1.807) is 9.47 Å². The van der Waals surface area contributed by atoms with Gasteiger partial charge in [0.15, 0.2) is 0 Å². The number of fused-ring (bicyclic) bond motifs is 2. The average molecular weight is 353 g/mol. The van der Waals surface area contributed by atoms with E-state index >= 15 is 0 Å². The monoisotopic (exact) mass is 353 g/mol. The van der Waals surface area contributed by atoms with Gasteiger partial charge in [0.1, 0.15) is 11.5 Å². The van der Waals surface area contributed by atoms with Crippen molar-refractivity contribution in [1.82, 2.24) is 14.5 Å². The van der Waals surface area contributed by atoms with Crippen molar-refractivity contribution in [3.8, 4) is 0 Å². The van der Waals surface area contributed by atoms with Crippen LogP contribution in [0.5, 0.6) is 0 Å². The van der Waals surface area contributed by atoms with Gasteiger partial charge in [0, 0.05) is 25.2 Å². The molecule has 26 heavy (non-hydrogen) atoms. The standard InChI is InChI=1S/C18H19N5O3/c1-10-2-3-13-11(6-10)12(18(26)21-13)7-16(24)22-4-5-23-14(17(19)25)8-20-15(23)9-22/h2-3,6,8,12H,4-5,7,9H2,1H3,(H2,19,25)(H,21,26). The van der Waals surface area contributed by atoms with Crippen LogP contribution >= 0.6 is 0 Å². The van der Waals surface area contributed by atoms with Crippen LogP contribution < -0.4 is 11.1 Å². The van der Waals surface area contributed by atoms with Gasteiger partial charge in [-0.3, -0.25) is 14.4 Å². The number of amides is 3. The molecule has 0 aliphatic carbocycles. The van der Waals surface area contributed by atoms with Crippen LogP contribution in [0.2, 0.25) is 0 Å². The summed E-state index contributed by atoms with van der Waals surface area (Å²) in [6, 6.07) is 5.76. The highest BCUT2D eigenvalue weighted by atomic mass is 16.2. The lowest BCUT2D eigenvalue weighted by atomic mass is 9.95. The zero-order chi connectivity index (χ0) is 18.4. The van der Waals surface area contributed by atoms with Crippen LogP contribution in [0, 0.1) is 6.92 Å². The van der Waals surface area contributed by atoms with E-state index in [2.05, 4.69) is 10.3 Å². The van der Waals surface area contributed by atoms with Gasteiger partial charge in [-0.2, -0.15) is 0 Å². The Balaban J connectivity index is 1.50. The molecule has 8 nitrogen and oxygen atoms in total. The number of hydrogen-bond acceptors (Lipinski definition) is 4. The quantitative estimate of drug-likeness (QED) is 0.848. The fourth-order valence-electron chi connectivity index (χ4n) is 3.62. The maximum atomic E-state index is 12.8. The Bertz CT molecular complexity index is 933. The van der Waals surface area contributed by atoms with Gasteiger partial charge in [0.25, 0.3) is 5.91 Å². The van der Waals surface area contributed by atoms with Crippen molar-refractivity contribution in [3.63, 3.8) is 0 Å². The molecule has 2 aromatic rings. The Labute approximate surface area is 150 Å². The number of aromatic nitrogens is 2. The van der Waals surface area contributed by atoms with E-state index < -0.39 is 11.8 Å². The van der Waals surface area contributed by atoms with Crippen molar-refractivity contribution in [2.75, 3.05) is 11.9 Å². The van der Waals surface area contributed by atoms with E-state index in [1.165, 1.54) is 6.20 Å². The van der Waals surface area contributed by atoms with Gasteiger partial charge in [-0.05, 0) is 18.6 Å². The van der Waals surface area contributed by atoms with Crippen molar-refractivity contribution in [1.29, 1.82) is 0 Å². The first kappa shape index (κ1) is 16.3. The third kappa shape index (κ3) is 2.63. The third-order valence-corrected chi connectivity index (χ3v) is 5.00. The van der Waals surface area contributed by atoms with E-state index in [0.717, 1.165) is 16.8 Å². The molecule has 0 spiro atoms. The Morgan fingerprint density at radius 2 is 2.15 bits per heavy atom. The predicted molar refractivity (Wildman–Crippen MR) is 93.3 cm³/mol. The minimum absolute atomic E-state index is 0.102. The molecule has 3 heterocycles. The molecule has 3 amide bonds. The maximum absolute atomic E-state index is 12.8. The molecule has 3 N–H and O–H groups in total. The predicted octanol–water partition coefficient (Wildman–Crippen LogP) is 0.759. The van der Waals surface area contributed by atoms with Gasteiger partial charge in [-0.15, -0.1) is 0 Å². The van der Waals surface area contributed by atoms with Crippen LogP contribution in [-0.2, 0) is 22.7 Å². The van der Waals surface area contributed by atoms with Gasteiger partial charge in [-0.25, -0.2) is 4.98 Å². The van der Waals surface area contributed by atoms with E-state index in [-0.39, 0.29) is 18.2 Å². The second-order valence-corrected chi connectivity index (χ2v) is 6.73. The van der Waals surface area contributed by atoms with Gasteiger partial charge < -0.3 is 20.5 Å². The highest BCUT2D eigenvalue weighted by molar-refractivity contribution is 6.05. The van der Waals surface area contributed by atoms with E-state index in [4.69, 9.17) is 5.73 Å². The molecule has 0 saturated heterocycles. The topological polar surface area (TPSA) is 110 Å². The lowest BCUT2D eigenvalue weighted by Crippen LogP contribution is -2.40. The number of imidazole rings is 1. The molecule has 0 bridgehead atoms. The van der Waals surface area contributed by atoms with E-state index in [0.29, 0.717) is 31.2 Å². The highest BCUT2D eigenvalue weighted by Crippen LogP contribution is 2.35. The number of aryl methyl sites for hydroxylation is 1. The SMILES string of the molecule is Cc1ccc2c(c1)C(CC(=O)N1CCn3c(C(N)=O)cnc3C1)C(=O)N2. The lowest BCUT2D eigenvalue weighted by molar-refractivity contribution is -0.134. The van der Waals surface area contributed by atoms with Crippen LogP contribution in [0.25, 0.3) is 0 Å². The molecule has 4 rings (SSSR count). The Kier molecular flexibility index (Phi) is 3.75. The van der Waals surface area contributed by atoms with Gasteiger partial charge in [0.2, 0.25) is 11.8 Å². The number of benzene rings is 1. The second kappa shape index (κ2) is 5.98. The Morgan fingerprint density at radius 1 is 1.35 bits per heavy atom. The number of nitrogens with one attached hydrogen (secondary N) is 1. The molecule has 1 atom stereocenters. The second-order valence-electron chi connectivity index (χ2n) is 6.73. The highest BCUT2D eigenvalue weighted by Gasteiger charge is 2.34. The summed E-state index contributed by atoms with van der Waals surface area (Å²) >= 11 is 0. The van der Waals surface area contributed by atoms with Crippen LogP contribution in [0.1, 0.15) is 39.8 Å². The first-order chi connectivity index (χ1) is 12.4. The van der Waals surface area contributed by atoms with Crippen molar-refractivity contribution in [2.45, 2.75) is 32.4 Å². The number of hydrogen-bond donors (Lipinski definition) is 2. The number of carbonyl (C=O) groups excluding carboxylic acids is 3. The molecule has 1 unspecified atom stereocenters. The average Bonchev–Trinajstić information content (AvgIpc) is 3.16. The third-order valence-electron chi connectivity index (χ3n) is 5.00. The molecule has 0 fully saturated rings. The van der Waals surface area contributed by atoms with Crippen LogP contribution in [0.3, 0.4) is 0 Å². The molecule has 2 aliphatic rings. The number of anilines is 1. The zero-order valence-electron chi connectivity index (χ0n) is 14.4. The summed E-state index contributed by atoms with van der Waals surface area (Å²) < 4.78 is 1.74. The van der Waals surface area contributed by atoms with Crippen LogP contribution in [-0.4, -0.2) is 38.7 Å². The summed E-state index contributed by atoms with van der Waals surface area (Å²) in [7, 11) is 0. The van der Waals surface area contributed by atoms with Crippen molar-refractivity contribution < 1.29 is 14.4 Å². The van der Waals surface area contributed by atoms with Crippen LogP contribution in [0.15, 0.2) is 24.4 Å². The molecule has 1 aromatic carbocycles. The molecule has 2 aliphatic heterocycles. The first-order valence-electron chi connectivity index (χ1n) is 8.47. The lowest BCUT2D eigenvalue weighted by Gasteiger charge is -2.29. The maximum Gasteiger partial charge on any atom is 0.266 e. The largest absolute Gasteiger partial charge is 0.364 e. The Hall–Kier alpha value is -3.16. The Morgan fingerprint density at radius 3 is 2.92 bits per heavy atom. The number of rotatable bonds is 3. The summed E-state index contributed by atoms with van der Waals surface area (Å²) in [5, 5.41) is 2.84. The summed E-state index contributed by atoms with van der Waals surface area (Å²) in [6.45, 7) is 3.19. The molecule has 0 saturated carbocycles. The van der Waals surface area contributed by atoms with Crippen LogP contribution in [0.4, 0.5) is 5.69 Å². The van der Waals surface area contributed by atoms with Crippen molar-refractivity contribution in [3.05, 3.63) is 47.0 Å². The van der Waals surface area contributed by atoms with E-state index in [9.17, 15) is 14.4 Å². The smallest absolute Gasteiger partial charge is 0.266 e. The van der Waals surface area contributed by atoms with Crippen molar-refractivity contribution >= 4 is 23.4 Å². The number of primary amides is 1. The fourth-order valence-corrected chi connectivity index (χ4v) is 3.62. The summed E-state index contributed by atoms with van der Waals surface area (Å²) in [4.78, 5) is 42.3. The normalized spacial score (nSPS) is 18.3. The number of carbonyl (C=O) groups is 3. The molecule has 134 valence electrons. The number of nitrogens with zero attached hydrogens (tertiary/aromatic N) is 3. The summed E-state index contributed by atoms with van der Waals surface area (Å²) in [6.07, 6.45) is 1.56. The first-order valence-corrected chi connectivity index (χ1v) is 8.47. The minimum Gasteiger partial charge on any atom is -0.364 e. The molecule has 8 heteroatoms. The van der Waals surface area contributed by atoms with Crippen molar-refractivity contribution in [2.24, 2.45) is 5.73 Å².